The van der Waals surface area contributed by atoms with E-state index in [9.17, 15) is 18.4 Å². The first-order valence-electron chi connectivity index (χ1n) is 9.80. The lowest BCUT2D eigenvalue weighted by atomic mass is 10.1. The summed E-state index contributed by atoms with van der Waals surface area (Å²) < 4.78 is 34.0. The van der Waals surface area contributed by atoms with Crippen LogP contribution in [0.5, 0.6) is 0 Å². The first-order chi connectivity index (χ1) is 15.4. The van der Waals surface area contributed by atoms with Gasteiger partial charge in [-0.15, -0.1) is 16.4 Å². The summed E-state index contributed by atoms with van der Waals surface area (Å²) in [6, 6.07) is 8.57. The molecule has 7 nitrogen and oxygen atoms in total. The van der Waals surface area contributed by atoms with Crippen molar-refractivity contribution in [3.63, 3.8) is 0 Å². The Morgan fingerprint density at radius 3 is 2.62 bits per heavy atom. The predicted octanol–water partition coefficient (Wildman–Crippen LogP) is 4.57. The first-order valence-corrected chi connectivity index (χ1v) is 10.6. The molecular weight excluding hydrogens is 438 g/mol. The number of carbonyl (C=O) groups is 1. The number of rotatable bonds is 5. The van der Waals surface area contributed by atoms with E-state index in [1.54, 1.807) is 18.3 Å². The molecule has 0 radical (unpaired) electrons. The van der Waals surface area contributed by atoms with E-state index < -0.39 is 29.0 Å². The highest BCUT2D eigenvalue weighted by Gasteiger charge is 2.29. The normalized spacial score (nSPS) is 13.3. The van der Waals surface area contributed by atoms with Crippen LogP contribution in [0.2, 0.25) is 0 Å². The van der Waals surface area contributed by atoms with Gasteiger partial charge >= 0.3 is 5.76 Å². The molecule has 4 aromatic rings. The van der Waals surface area contributed by atoms with Gasteiger partial charge in [0.15, 0.2) is 0 Å². The molecule has 0 bridgehead atoms. The van der Waals surface area contributed by atoms with Crippen molar-refractivity contribution in [1.29, 1.82) is 0 Å². The zero-order chi connectivity index (χ0) is 22.4. The summed E-state index contributed by atoms with van der Waals surface area (Å²) in [5.41, 5.74) is 1.75. The molecule has 1 aromatic carbocycles. The molecule has 3 aromatic heterocycles. The molecule has 1 fully saturated rings. The van der Waals surface area contributed by atoms with Crippen LogP contribution in [-0.2, 0) is 7.05 Å². The van der Waals surface area contributed by atoms with Crippen LogP contribution in [0.3, 0.4) is 0 Å². The standard InChI is InChI=1S/C22H16F2N4O3S/c1-28-22(30)31-21(27-28)12-9-13(18(25-10-12)11-5-6-11)16-7-8-17(32-16)20(29)26-19-14(23)3-2-4-15(19)24/h2-4,7-11H,5-6H2,1H3,(H,26,29). The first kappa shape index (κ1) is 20.3. The fraction of sp³-hybridized carbons (Fsp3) is 0.182. The van der Waals surface area contributed by atoms with E-state index in [0.29, 0.717) is 16.4 Å². The van der Waals surface area contributed by atoms with Crippen molar-refractivity contribution in [2.24, 2.45) is 7.05 Å². The Morgan fingerprint density at radius 2 is 1.97 bits per heavy atom. The summed E-state index contributed by atoms with van der Waals surface area (Å²) in [7, 11) is 1.49. The van der Waals surface area contributed by atoms with Gasteiger partial charge in [0.05, 0.1) is 16.1 Å². The number of nitrogens with one attached hydrogen (secondary N) is 1. The monoisotopic (exact) mass is 454 g/mol. The number of para-hydroxylation sites is 1. The van der Waals surface area contributed by atoms with E-state index in [1.165, 1.54) is 24.5 Å². The molecule has 0 atom stereocenters. The third-order valence-corrected chi connectivity index (χ3v) is 6.23. The lowest BCUT2D eigenvalue weighted by Crippen LogP contribution is -2.12. The van der Waals surface area contributed by atoms with Gasteiger partial charge in [0.25, 0.3) is 11.8 Å². The van der Waals surface area contributed by atoms with Crippen LogP contribution in [0.15, 0.2) is 51.8 Å². The Hall–Kier alpha value is -3.66. The Labute approximate surface area is 184 Å². The molecule has 0 unspecified atom stereocenters. The van der Waals surface area contributed by atoms with Gasteiger partial charge in [0.1, 0.15) is 17.3 Å². The quantitative estimate of drug-likeness (QED) is 0.477. The number of halogens is 2. The minimum absolute atomic E-state index is 0.151. The molecule has 162 valence electrons. The van der Waals surface area contributed by atoms with Gasteiger partial charge in [0.2, 0.25) is 0 Å². The van der Waals surface area contributed by atoms with Crippen LogP contribution >= 0.6 is 11.3 Å². The highest BCUT2D eigenvalue weighted by atomic mass is 32.1. The minimum Gasteiger partial charge on any atom is -0.388 e. The largest absolute Gasteiger partial charge is 0.437 e. The third-order valence-electron chi connectivity index (χ3n) is 5.12. The summed E-state index contributed by atoms with van der Waals surface area (Å²) in [5, 5.41) is 6.37. The SMILES string of the molecule is Cn1nc(-c2cnc(C3CC3)c(-c3ccc(C(=O)Nc4c(F)cccc4F)s3)c2)oc1=O. The lowest BCUT2D eigenvalue weighted by Gasteiger charge is -2.08. The fourth-order valence-electron chi connectivity index (χ4n) is 3.33. The van der Waals surface area contributed by atoms with Gasteiger partial charge < -0.3 is 9.73 Å². The minimum atomic E-state index is -0.847. The van der Waals surface area contributed by atoms with Crippen molar-refractivity contribution in [2.75, 3.05) is 5.32 Å². The predicted molar refractivity (Wildman–Crippen MR) is 115 cm³/mol. The lowest BCUT2D eigenvalue weighted by molar-refractivity contribution is 0.102. The number of thiophene rings is 1. The fourth-order valence-corrected chi connectivity index (χ4v) is 4.26. The Morgan fingerprint density at radius 1 is 1.22 bits per heavy atom. The summed E-state index contributed by atoms with van der Waals surface area (Å²) in [6.45, 7) is 0. The van der Waals surface area contributed by atoms with Crippen molar-refractivity contribution >= 4 is 22.9 Å². The van der Waals surface area contributed by atoms with Crippen molar-refractivity contribution in [2.45, 2.75) is 18.8 Å². The number of nitrogens with zero attached hydrogens (tertiary/aromatic N) is 3. The molecule has 1 N–H and O–H groups in total. The Kier molecular flexibility index (Phi) is 4.93. The van der Waals surface area contributed by atoms with Gasteiger partial charge in [-0.1, -0.05) is 6.07 Å². The average Bonchev–Trinajstić information content (AvgIpc) is 3.40. The topological polar surface area (TPSA) is 90.0 Å². The van der Waals surface area contributed by atoms with Gasteiger partial charge in [-0.2, -0.15) is 4.68 Å². The molecule has 3 heterocycles. The van der Waals surface area contributed by atoms with E-state index >= 15 is 0 Å². The average molecular weight is 454 g/mol. The summed E-state index contributed by atoms with van der Waals surface area (Å²) in [6.07, 6.45) is 3.65. The molecule has 1 aliphatic carbocycles. The number of benzene rings is 1. The highest BCUT2D eigenvalue weighted by molar-refractivity contribution is 7.17. The highest BCUT2D eigenvalue weighted by Crippen LogP contribution is 2.45. The molecule has 1 amide bonds. The second-order valence-electron chi connectivity index (χ2n) is 7.44. The molecule has 1 aliphatic rings. The van der Waals surface area contributed by atoms with Crippen LogP contribution < -0.4 is 11.1 Å². The second kappa shape index (κ2) is 7.79. The van der Waals surface area contributed by atoms with Crippen LogP contribution in [0.4, 0.5) is 14.5 Å². The van der Waals surface area contributed by atoms with Crippen molar-refractivity contribution < 1.29 is 18.0 Å². The zero-order valence-corrected chi connectivity index (χ0v) is 17.6. The number of aromatic nitrogens is 3. The number of pyridine rings is 1. The maximum absolute atomic E-state index is 13.9. The zero-order valence-electron chi connectivity index (χ0n) is 16.8. The molecule has 5 rings (SSSR count). The van der Waals surface area contributed by atoms with Crippen molar-refractivity contribution in [3.8, 4) is 21.9 Å². The van der Waals surface area contributed by atoms with Gasteiger partial charge in [-0.3, -0.25) is 9.78 Å². The van der Waals surface area contributed by atoms with Crippen molar-refractivity contribution in [1.82, 2.24) is 14.8 Å². The van der Waals surface area contributed by atoms with Gasteiger partial charge in [-0.05, 0) is 43.2 Å². The summed E-state index contributed by atoms with van der Waals surface area (Å²) in [5.74, 6) is -2.42. The molecule has 0 saturated heterocycles. The molecule has 1 saturated carbocycles. The number of hydrogen-bond acceptors (Lipinski definition) is 6. The molecule has 0 aliphatic heterocycles. The van der Waals surface area contributed by atoms with Gasteiger partial charge in [0, 0.05) is 29.6 Å². The number of hydrogen-bond donors (Lipinski definition) is 1. The van der Waals surface area contributed by atoms with E-state index in [4.69, 9.17) is 4.42 Å². The number of anilines is 1. The van der Waals surface area contributed by atoms with Gasteiger partial charge in [-0.25, -0.2) is 13.6 Å². The van der Waals surface area contributed by atoms with Crippen LogP contribution in [0, 0.1) is 11.6 Å². The summed E-state index contributed by atoms with van der Waals surface area (Å²) in [4.78, 5) is 29.9. The number of carbonyl (C=O) groups excluding carboxylic acids is 1. The Balaban J connectivity index is 1.49. The van der Waals surface area contributed by atoms with Crippen LogP contribution in [0.25, 0.3) is 21.9 Å². The summed E-state index contributed by atoms with van der Waals surface area (Å²) >= 11 is 1.18. The van der Waals surface area contributed by atoms with E-state index in [2.05, 4.69) is 15.4 Å². The second-order valence-corrected chi connectivity index (χ2v) is 8.53. The maximum atomic E-state index is 13.9. The molecule has 32 heavy (non-hydrogen) atoms. The van der Waals surface area contributed by atoms with Crippen LogP contribution in [-0.4, -0.2) is 20.7 Å². The smallest absolute Gasteiger partial charge is 0.388 e. The molecular formula is C22H16F2N4O3S. The van der Waals surface area contributed by atoms with E-state index in [0.717, 1.165) is 45.8 Å². The number of aryl methyl sites for hydroxylation is 1. The third kappa shape index (κ3) is 3.73. The van der Waals surface area contributed by atoms with E-state index in [-0.39, 0.29) is 5.89 Å². The Bertz CT molecular complexity index is 1380. The molecule has 0 spiro atoms. The molecule has 10 heteroatoms. The van der Waals surface area contributed by atoms with Crippen molar-refractivity contribution in [3.05, 3.63) is 75.4 Å². The number of amides is 1. The maximum Gasteiger partial charge on any atom is 0.437 e. The van der Waals surface area contributed by atoms with E-state index in [1.807, 2.05) is 6.07 Å². The van der Waals surface area contributed by atoms with Crippen LogP contribution in [0.1, 0.15) is 34.1 Å².